The van der Waals surface area contributed by atoms with Crippen molar-refractivity contribution in [1.29, 1.82) is 0 Å². The predicted molar refractivity (Wildman–Crippen MR) is 113 cm³/mol. The molecule has 0 atom stereocenters. The number of benzene rings is 2. The van der Waals surface area contributed by atoms with Crippen LogP contribution in [0.15, 0.2) is 46.3 Å². The SMILES string of the molecule is Cc1ccc(S(=O)(=O)CCCC(=O)N=c2sc3c(C)ccc(C)c3n2C)cc1. The predicted octanol–water partition coefficient (Wildman–Crippen LogP) is 3.85. The van der Waals surface area contributed by atoms with Gasteiger partial charge in [-0.05, 0) is 50.5 Å². The quantitative estimate of drug-likeness (QED) is 0.634. The third-order valence-corrected chi connectivity index (χ3v) is 7.83. The van der Waals surface area contributed by atoms with Crippen LogP contribution in [0.1, 0.15) is 29.5 Å². The number of carbonyl (C=O) groups is 1. The second-order valence-corrected chi connectivity index (χ2v) is 10.1. The first-order valence-corrected chi connectivity index (χ1v) is 11.6. The molecule has 3 aromatic rings. The first-order chi connectivity index (χ1) is 13.2. The number of fused-ring (bicyclic) bond motifs is 1. The van der Waals surface area contributed by atoms with Crippen molar-refractivity contribution in [3.8, 4) is 0 Å². The van der Waals surface area contributed by atoms with E-state index in [-0.39, 0.29) is 24.5 Å². The lowest BCUT2D eigenvalue weighted by atomic mass is 10.1. The van der Waals surface area contributed by atoms with Crippen LogP contribution in [0.4, 0.5) is 0 Å². The van der Waals surface area contributed by atoms with Gasteiger partial charge in [0.05, 0.1) is 20.9 Å². The molecule has 7 heteroatoms. The van der Waals surface area contributed by atoms with Crippen LogP contribution in [0, 0.1) is 20.8 Å². The standard InChI is InChI=1S/C21H24N2O3S2/c1-14-7-11-17(12-8-14)28(25,26)13-5-6-18(24)22-21-23(4)19-15(2)9-10-16(3)20(19)27-21/h7-12H,5-6,13H2,1-4H3. The minimum Gasteiger partial charge on any atom is -0.319 e. The van der Waals surface area contributed by atoms with E-state index in [2.05, 4.69) is 17.1 Å². The lowest BCUT2D eigenvalue weighted by molar-refractivity contribution is -0.118. The maximum Gasteiger partial charge on any atom is 0.248 e. The molecule has 148 valence electrons. The van der Waals surface area contributed by atoms with Crippen LogP contribution in [0.2, 0.25) is 0 Å². The topological polar surface area (TPSA) is 68.5 Å². The van der Waals surface area contributed by atoms with Crippen LogP contribution < -0.4 is 4.80 Å². The Morgan fingerprint density at radius 2 is 1.68 bits per heavy atom. The Labute approximate surface area is 169 Å². The fourth-order valence-corrected chi connectivity index (χ4v) is 5.60. The Morgan fingerprint density at radius 3 is 2.32 bits per heavy atom. The third-order valence-electron chi connectivity index (χ3n) is 4.75. The van der Waals surface area contributed by atoms with Crippen LogP contribution in [0.5, 0.6) is 0 Å². The minimum absolute atomic E-state index is 0.0614. The van der Waals surface area contributed by atoms with E-state index in [1.54, 1.807) is 24.3 Å². The van der Waals surface area contributed by atoms with Crippen molar-refractivity contribution in [1.82, 2.24) is 4.57 Å². The molecule has 0 aliphatic rings. The monoisotopic (exact) mass is 416 g/mol. The molecule has 5 nitrogen and oxygen atoms in total. The second-order valence-electron chi connectivity index (χ2n) is 7.06. The molecule has 28 heavy (non-hydrogen) atoms. The molecule has 0 radical (unpaired) electrons. The maximum absolute atomic E-state index is 12.4. The van der Waals surface area contributed by atoms with Gasteiger partial charge in [0, 0.05) is 13.5 Å². The highest BCUT2D eigenvalue weighted by Crippen LogP contribution is 2.24. The van der Waals surface area contributed by atoms with E-state index in [1.807, 2.05) is 32.4 Å². The molecule has 0 spiro atoms. The summed E-state index contributed by atoms with van der Waals surface area (Å²) in [5.41, 5.74) is 4.38. The molecular weight excluding hydrogens is 392 g/mol. The second kappa shape index (κ2) is 8.01. The van der Waals surface area contributed by atoms with E-state index in [0.717, 1.165) is 26.9 Å². The summed E-state index contributed by atoms with van der Waals surface area (Å²) in [6.07, 6.45) is 0.364. The van der Waals surface area contributed by atoms with Crippen LogP contribution in [-0.4, -0.2) is 24.6 Å². The number of aromatic nitrogens is 1. The third kappa shape index (κ3) is 4.25. The zero-order chi connectivity index (χ0) is 20.5. The number of carbonyl (C=O) groups excluding carboxylic acids is 1. The molecule has 1 heterocycles. The van der Waals surface area contributed by atoms with E-state index in [9.17, 15) is 13.2 Å². The van der Waals surface area contributed by atoms with Gasteiger partial charge in [0.2, 0.25) is 5.91 Å². The molecule has 0 saturated carbocycles. The van der Waals surface area contributed by atoms with Gasteiger partial charge in [-0.1, -0.05) is 41.2 Å². The molecule has 0 saturated heterocycles. The first-order valence-electron chi connectivity index (χ1n) is 9.12. The Hall–Kier alpha value is -2.25. The van der Waals surface area contributed by atoms with Gasteiger partial charge >= 0.3 is 0 Å². The summed E-state index contributed by atoms with van der Waals surface area (Å²) in [5, 5.41) is 0. The van der Waals surface area contributed by atoms with E-state index in [1.165, 1.54) is 11.3 Å². The highest BCUT2D eigenvalue weighted by atomic mass is 32.2. The van der Waals surface area contributed by atoms with Gasteiger partial charge in [0.1, 0.15) is 0 Å². The molecule has 0 aliphatic heterocycles. The lowest BCUT2D eigenvalue weighted by Gasteiger charge is -2.04. The Kier molecular flexibility index (Phi) is 5.86. The smallest absolute Gasteiger partial charge is 0.248 e. The number of aryl methyl sites for hydroxylation is 4. The molecular formula is C21H24N2O3S2. The summed E-state index contributed by atoms with van der Waals surface area (Å²) in [5.74, 6) is -0.356. The number of nitrogens with zero attached hydrogens (tertiary/aromatic N) is 2. The highest BCUT2D eigenvalue weighted by Gasteiger charge is 2.15. The fourth-order valence-electron chi connectivity index (χ4n) is 3.11. The van der Waals surface area contributed by atoms with Crippen molar-refractivity contribution in [3.05, 3.63) is 57.9 Å². The highest BCUT2D eigenvalue weighted by molar-refractivity contribution is 7.91. The molecule has 0 aliphatic carbocycles. The molecule has 0 N–H and O–H groups in total. The molecule has 2 aromatic carbocycles. The van der Waals surface area contributed by atoms with Gasteiger partial charge in [0.25, 0.3) is 0 Å². The van der Waals surface area contributed by atoms with E-state index >= 15 is 0 Å². The zero-order valence-electron chi connectivity index (χ0n) is 16.5. The number of thiazole rings is 1. The number of hydrogen-bond acceptors (Lipinski definition) is 4. The minimum atomic E-state index is -3.38. The first kappa shape index (κ1) is 20.5. The fraction of sp³-hybridized carbons (Fsp3) is 0.333. The van der Waals surface area contributed by atoms with E-state index in [0.29, 0.717) is 9.70 Å². The van der Waals surface area contributed by atoms with Crippen molar-refractivity contribution in [2.24, 2.45) is 12.0 Å². The van der Waals surface area contributed by atoms with Crippen LogP contribution >= 0.6 is 11.3 Å². The summed E-state index contributed by atoms with van der Waals surface area (Å²) in [6, 6.07) is 10.9. The number of hydrogen-bond donors (Lipinski definition) is 0. The molecule has 1 aromatic heterocycles. The largest absolute Gasteiger partial charge is 0.319 e. The normalized spacial score (nSPS) is 12.6. The number of amides is 1. The average Bonchev–Trinajstić information content (AvgIpc) is 2.96. The van der Waals surface area contributed by atoms with Gasteiger partial charge in [-0.2, -0.15) is 4.99 Å². The molecule has 0 unspecified atom stereocenters. The lowest BCUT2D eigenvalue weighted by Crippen LogP contribution is -2.14. The van der Waals surface area contributed by atoms with Crippen molar-refractivity contribution >= 4 is 37.3 Å². The molecule has 3 rings (SSSR count). The van der Waals surface area contributed by atoms with Gasteiger partial charge in [0.15, 0.2) is 14.6 Å². The molecule has 0 fully saturated rings. The van der Waals surface area contributed by atoms with Crippen LogP contribution in [-0.2, 0) is 21.7 Å². The van der Waals surface area contributed by atoms with Crippen molar-refractivity contribution in [2.75, 3.05) is 5.75 Å². The maximum atomic E-state index is 12.4. The Bertz CT molecular complexity index is 1200. The Balaban J connectivity index is 1.73. The number of rotatable bonds is 5. The van der Waals surface area contributed by atoms with Gasteiger partial charge in [-0.15, -0.1) is 0 Å². The van der Waals surface area contributed by atoms with E-state index in [4.69, 9.17) is 0 Å². The van der Waals surface area contributed by atoms with Crippen molar-refractivity contribution < 1.29 is 13.2 Å². The zero-order valence-corrected chi connectivity index (χ0v) is 18.2. The van der Waals surface area contributed by atoms with Gasteiger partial charge in [-0.25, -0.2) is 8.42 Å². The van der Waals surface area contributed by atoms with E-state index < -0.39 is 9.84 Å². The molecule has 0 bridgehead atoms. The number of sulfone groups is 1. The van der Waals surface area contributed by atoms with Crippen molar-refractivity contribution in [3.63, 3.8) is 0 Å². The van der Waals surface area contributed by atoms with Crippen LogP contribution in [0.3, 0.4) is 0 Å². The summed E-state index contributed by atoms with van der Waals surface area (Å²) >= 11 is 1.49. The summed E-state index contributed by atoms with van der Waals surface area (Å²) in [4.78, 5) is 17.5. The van der Waals surface area contributed by atoms with Gasteiger partial charge < -0.3 is 4.57 Å². The van der Waals surface area contributed by atoms with Crippen LogP contribution in [0.25, 0.3) is 10.2 Å². The summed E-state index contributed by atoms with van der Waals surface area (Å²) in [7, 11) is -1.48. The summed E-state index contributed by atoms with van der Waals surface area (Å²) in [6.45, 7) is 5.99. The Morgan fingerprint density at radius 1 is 1.04 bits per heavy atom. The summed E-state index contributed by atoms with van der Waals surface area (Å²) < 4.78 is 27.8. The molecule has 1 amide bonds. The van der Waals surface area contributed by atoms with Crippen molar-refractivity contribution in [2.45, 2.75) is 38.5 Å². The van der Waals surface area contributed by atoms with Gasteiger partial charge in [-0.3, -0.25) is 4.79 Å². The average molecular weight is 417 g/mol.